The number of allylic oxidation sites excluding steroid dienone is 2. The van der Waals surface area contributed by atoms with E-state index in [-0.39, 0.29) is 22.6 Å². The van der Waals surface area contributed by atoms with Crippen molar-refractivity contribution in [1.29, 1.82) is 0 Å². The third-order valence-electron chi connectivity index (χ3n) is 5.08. The van der Waals surface area contributed by atoms with Gasteiger partial charge >= 0.3 is 0 Å². The van der Waals surface area contributed by atoms with Crippen molar-refractivity contribution in [2.75, 3.05) is 12.4 Å². The smallest absolute Gasteiger partial charge is 0.273 e. The summed E-state index contributed by atoms with van der Waals surface area (Å²) in [7, 11) is 1.54. The van der Waals surface area contributed by atoms with Crippen LogP contribution in [0.15, 0.2) is 48.6 Å². The Kier molecular flexibility index (Phi) is 3.88. The number of nitrogens with one attached hydrogen (secondary N) is 1. The topological polar surface area (TPSA) is 64.4 Å². The average molecular weight is 357 g/mol. The molecule has 0 unspecified atom stereocenters. The number of hydrogen-bond acceptors (Lipinski definition) is 4. The third-order valence-corrected chi connectivity index (χ3v) is 5.33. The number of benzene rings is 2. The van der Waals surface area contributed by atoms with Gasteiger partial charge in [0.1, 0.15) is 5.75 Å². The fourth-order valence-electron chi connectivity index (χ4n) is 3.92. The monoisotopic (exact) mass is 356 g/mol. The zero-order valence-electron chi connectivity index (χ0n) is 13.6. The molecule has 0 fully saturated rings. The summed E-state index contributed by atoms with van der Waals surface area (Å²) in [5.74, 6) is 0.938. The minimum Gasteiger partial charge on any atom is -0.494 e. The van der Waals surface area contributed by atoms with Crippen molar-refractivity contribution in [1.82, 2.24) is 0 Å². The summed E-state index contributed by atoms with van der Waals surface area (Å²) in [6, 6.07) is 11.1. The minimum absolute atomic E-state index is 0.0568. The van der Waals surface area contributed by atoms with E-state index in [4.69, 9.17) is 16.3 Å². The van der Waals surface area contributed by atoms with Gasteiger partial charge in [-0.05, 0) is 35.6 Å². The predicted molar refractivity (Wildman–Crippen MR) is 97.5 cm³/mol. The number of ether oxygens (including phenoxy) is 1. The van der Waals surface area contributed by atoms with E-state index in [0.29, 0.717) is 16.7 Å². The predicted octanol–water partition coefficient (Wildman–Crippen LogP) is 5.08. The quantitative estimate of drug-likeness (QED) is 0.473. The van der Waals surface area contributed by atoms with Gasteiger partial charge in [-0.2, -0.15) is 0 Å². The van der Waals surface area contributed by atoms with Crippen LogP contribution in [0, 0.1) is 16.0 Å². The van der Waals surface area contributed by atoms with Gasteiger partial charge in [0.15, 0.2) is 0 Å². The number of methoxy groups -OCH3 is 1. The maximum Gasteiger partial charge on any atom is 0.273 e. The number of halogens is 1. The fourth-order valence-corrected chi connectivity index (χ4v) is 4.04. The van der Waals surface area contributed by atoms with Gasteiger partial charge in [-0.1, -0.05) is 35.9 Å². The molecule has 5 nitrogen and oxygen atoms in total. The second kappa shape index (κ2) is 6.08. The lowest BCUT2D eigenvalue weighted by atomic mass is 9.76. The van der Waals surface area contributed by atoms with Crippen LogP contribution in [-0.4, -0.2) is 12.0 Å². The first-order valence-electron chi connectivity index (χ1n) is 8.13. The SMILES string of the molecule is COc1cc([N+](=O)[O-])cc2c1N[C@H](c1ccc(Cl)cc1)[C@H]1CC=C[C@H]21. The summed E-state index contributed by atoms with van der Waals surface area (Å²) in [5, 5.41) is 15.5. The van der Waals surface area contributed by atoms with Crippen molar-refractivity contribution < 1.29 is 9.66 Å². The standard InChI is InChI=1S/C19H17ClN2O3/c1-25-17-10-13(22(23)24)9-16-14-3-2-4-15(14)18(21-19(16)17)11-5-7-12(20)8-6-11/h2-3,5-10,14-15,18,21H,4H2,1H3/t14-,15-,18+/m0/s1. The molecule has 0 spiro atoms. The Balaban J connectivity index is 1.84. The van der Waals surface area contributed by atoms with Gasteiger partial charge < -0.3 is 10.1 Å². The molecule has 0 saturated carbocycles. The van der Waals surface area contributed by atoms with Gasteiger partial charge in [-0.25, -0.2) is 0 Å². The largest absolute Gasteiger partial charge is 0.494 e. The highest BCUT2D eigenvalue weighted by Crippen LogP contribution is 2.53. The maximum absolute atomic E-state index is 11.3. The van der Waals surface area contributed by atoms with E-state index in [1.54, 1.807) is 6.07 Å². The molecule has 128 valence electrons. The summed E-state index contributed by atoms with van der Waals surface area (Å²) in [5.41, 5.74) is 2.96. The number of rotatable bonds is 3. The summed E-state index contributed by atoms with van der Waals surface area (Å²) >= 11 is 6.02. The number of anilines is 1. The Bertz CT molecular complexity index is 864. The van der Waals surface area contributed by atoms with Crippen LogP contribution in [-0.2, 0) is 0 Å². The number of hydrogen-bond donors (Lipinski definition) is 1. The molecule has 1 aliphatic carbocycles. The summed E-state index contributed by atoms with van der Waals surface area (Å²) in [4.78, 5) is 10.9. The lowest BCUT2D eigenvalue weighted by molar-refractivity contribution is -0.385. The van der Waals surface area contributed by atoms with Crippen LogP contribution in [0.1, 0.15) is 29.5 Å². The fraction of sp³-hybridized carbons (Fsp3) is 0.263. The van der Waals surface area contributed by atoms with Crippen molar-refractivity contribution in [3.63, 3.8) is 0 Å². The molecule has 0 radical (unpaired) electrons. The number of nitrogens with zero attached hydrogens (tertiary/aromatic N) is 1. The maximum atomic E-state index is 11.3. The minimum atomic E-state index is -0.373. The molecule has 2 aromatic rings. The molecular formula is C19H17ClN2O3. The molecule has 25 heavy (non-hydrogen) atoms. The molecule has 0 amide bonds. The summed E-state index contributed by atoms with van der Waals surface area (Å²) in [6.45, 7) is 0. The first-order chi connectivity index (χ1) is 12.1. The van der Waals surface area contributed by atoms with Crippen LogP contribution in [0.3, 0.4) is 0 Å². The van der Waals surface area contributed by atoms with Crippen LogP contribution in [0.2, 0.25) is 5.02 Å². The normalized spacial score (nSPS) is 23.5. The Morgan fingerprint density at radius 2 is 2.04 bits per heavy atom. The highest BCUT2D eigenvalue weighted by molar-refractivity contribution is 6.30. The van der Waals surface area contributed by atoms with E-state index in [1.165, 1.54) is 13.2 Å². The highest BCUT2D eigenvalue weighted by atomic mass is 35.5. The van der Waals surface area contributed by atoms with E-state index in [1.807, 2.05) is 24.3 Å². The second-order valence-electron chi connectivity index (χ2n) is 6.40. The van der Waals surface area contributed by atoms with Crippen LogP contribution < -0.4 is 10.1 Å². The van der Waals surface area contributed by atoms with Crippen LogP contribution in [0.25, 0.3) is 0 Å². The Morgan fingerprint density at radius 1 is 1.28 bits per heavy atom. The second-order valence-corrected chi connectivity index (χ2v) is 6.83. The van der Waals surface area contributed by atoms with E-state index in [9.17, 15) is 10.1 Å². The molecule has 0 aromatic heterocycles. The molecule has 6 heteroatoms. The molecular weight excluding hydrogens is 340 g/mol. The molecule has 0 bridgehead atoms. The number of nitro groups is 1. The van der Waals surface area contributed by atoms with Gasteiger partial charge in [0, 0.05) is 17.0 Å². The highest BCUT2D eigenvalue weighted by Gasteiger charge is 2.40. The molecule has 1 aliphatic heterocycles. The molecule has 4 rings (SSSR count). The van der Waals surface area contributed by atoms with Crippen molar-refractivity contribution in [3.8, 4) is 5.75 Å². The van der Waals surface area contributed by atoms with Gasteiger partial charge in [0.25, 0.3) is 5.69 Å². The first-order valence-corrected chi connectivity index (χ1v) is 8.51. The molecule has 2 aromatic carbocycles. The lowest BCUT2D eigenvalue weighted by Gasteiger charge is -2.38. The van der Waals surface area contributed by atoms with Gasteiger partial charge in [-0.15, -0.1) is 0 Å². The number of nitro benzene ring substituents is 1. The van der Waals surface area contributed by atoms with Gasteiger partial charge in [-0.3, -0.25) is 10.1 Å². The van der Waals surface area contributed by atoms with Crippen LogP contribution >= 0.6 is 11.6 Å². The zero-order chi connectivity index (χ0) is 17.6. The lowest BCUT2D eigenvalue weighted by Crippen LogP contribution is -2.29. The average Bonchev–Trinajstić information content (AvgIpc) is 3.10. The summed E-state index contributed by atoms with van der Waals surface area (Å²) < 4.78 is 5.44. The van der Waals surface area contributed by atoms with Crippen LogP contribution in [0.4, 0.5) is 11.4 Å². The Labute approximate surface area is 150 Å². The van der Waals surface area contributed by atoms with Crippen molar-refractivity contribution in [2.24, 2.45) is 5.92 Å². The molecule has 1 heterocycles. The van der Waals surface area contributed by atoms with Gasteiger partial charge in [0.2, 0.25) is 0 Å². The number of non-ortho nitro benzene ring substituents is 1. The van der Waals surface area contributed by atoms with Crippen molar-refractivity contribution >= 4 is 23.0 Å². The van der Waals surface area contributed by atoms with Crippen molar-refractivity contribution in [2.45, 2.75) is 18.4 Å². The first kappa shape index (κ1) is 16.0. The van der Waals surface area contributed by atoms with E-state index < -0.39 is 0 Å². The Morgan fingerprint density at radius 3 is 2.72 bits per heavy atom. The van der Waals surface area contributed by atoms with Crippen LogP contribution in [0.5, 0.6) is 5.75 Å². The van der Waals surface area contributed by atoms with E-state index >= 15 is 0 Å². The van der Waals surface area contributed by atoms with Gasteiger partial charge in [0.05, 0.1) is 29.8 Å². The molecule has 1 N–H and O–H groups in total. The van der Waals surface area contributed by atoms with E-state index in [2.05, 4.69) is 17.5 Å². The third kappa shape index (κ3) is 2.65. The Hall–Kier alpha value is -2.53. The molecule has 3 atom stereocenters. The summed E-state index contributed by atoms with van der Waals surface area (Å²) in [6.07, 6.45) is 5.23. The number of fused-ring (bicyclic) bond motifs is 3. The van der Waals surface area contributed by atoms with Crippen molar-refractivity contribution in [3.05, 3.63) is 74.8 Å². The van der Waals surface area contributed by atoms with E-state index in [0.717, 1.165) is 23.2 Å². The molecule has 0 saturated heterocycles. The molecule has 2 aliphatic rings. The zero-order valence-corrected chi connectivity index (χ0v) is 14.4.